The molecule has 1 aliphatic heterocycles. The van der Waals surface area contributed by atoms with Crippen LogP contribution >= 0.6 is 12.6 Å². The van der Waals surface area contributed by atoms with Gasteiger partial charge in [0.2, 0.25) is 17.7 Å². The first-order valence-corrected chi connectivity index (χ1v) is 10.4. The first kappa shape index (κ1) is 23.7. The summed E-state index contributed by atoms with van der Waals surface area (Å²) in [6, 6.07) is 5.57. The van der Waals surface area contributed by atoms with Crippen LogP contribution in [0, 0.1) is 0 Å². The number of carboxylic acid groups (broad SMARTS) is 1. The Bertz CT molecular complexity index is 776. The van der Waals surface area contributed by atoms with Crippen LogP contribution in [0.3, 0.4) is 0 Å². The molecule has 3 amide bonds. The zero-order chi connectivity index (χ0) is 22.3. The molecule has 1 saturated heterocycles. The van der Waals surface area contributed by atoms with Crippen molar-refractivity contribution >= 4 is 36.3 Å². The largest absolute Gasteiger partial charge is 0.480 e. The van der Waals surface area contributed by atoms with E-state index in [2.05, 4.69) is 23.3 Å². The number of nitrogens with one attached hydrogen (secondary N) is 2. The average Bonchev–Trinajstić information content (AvgIpc) is 3.22. The molecule has 1 fully saturated rings. The molecule has 2 rings (SSSR count). The number of nitrogens with two attached hydrogens (primary N) is 1. The Kier molecular flexibility index (Phi) is 8.67. The first-order chi connectivity index (χ1) is 14.2. The van der Waals surface area contributed by atoms with Crippen molar-refractivity contribution < 1.29 is 24.3 Å². The van der Waals surface area contributed by atoms with Gasteiger partial charge in [-0.1, -0.05) is 30.3 Å². The van der Waals surface area contributed by atoms with Gasteiger partial charge < -0.3 is 26.4 Å². The topological polar surface area (TPSA) is 142 Å². The van der Waals surface area contributed by atoms with Gasteiger partial charge in [-0.3, -0.25) is 19.2 Å². The van der Waals surface area contributed by atoms with Crippen molar-refractivity contribution in [3.63, 3.8) is 0 Å². The van der Waals surface area contributed by atoms with E-state index >= 15 is 0 Å². The standard InChI is InChI=1S/C20H28N4O5S/c1-12(20(28)29)22-18(26)16-8-5-9-24(16)19(27)15(23-17(25)14(21)11-30)10-13-6-3-2-4-7-13/h2-4,6-7,12,14-16,30H,5,8-11,21H2,1H3,(H,22,26)(H,23,25)(H,28,29). The molecule has 0 aliphatic carbocycles. The van der Waals surface area contributed by atoms with Crippen LogP contribution in [0.1, 0.15) is 25.3 Å². The average molecular weight is 437 g/mol. The Morgan fingerprint density at radius 2 is 1.90 bits per heavy atom. The predicted octanol–water partition coefficient (Wildman–Crippen LogP) is -0.449. The van der Waals surface area contributed by atoms with Crippen LogP contribution in [0.5, 0.6) is 0 Å². The van der Waals surface area contributed by atoms with Crippen LogP contribution in [-0.2, 0) is 25.6 Å². The Hall–Kier alpha value is -2.59. The molecular formula is C20H28N4O5S. The van der Waals surface area contributed by atoms with E-state index in [4.69, 9.17) is 10.8 Å². The third-order valence-corrected chi connectivity index (χ3v) is 5.39. The Labute approximate surface area is 180 Å². The summed E-state index contributed by atoms with van der Waals surface area (Å²) in [7, 11) is 0. The zero-order valence-electron chi connectivity index (χ0n) is 16.8. The zero-order valence-corrected chi connectivity index (χ0v) is 17.7. The lowest BCUT2D eigenvalue weighted by atomic mass is 10.0. The van der Waals surface area contributed by atoms with Crippen LogP contribution < -0.4 is 16.4 Å². The number of thiol groups is 1. The van der Waals surface area contributed by atoms with E-state index in [1.165, 1.54) is 11.8 Å². The Morgan fingerprint density at radius 1 is 1.23 bits per heavy atom. The van der Waals surface area contributed by atoms with E-state index in [0.29, 0.717) is 19.4 Å². The highest BCUT2D eigenvalue weighted by atomic mass is 32.1. The molecule has 164 valence electrons. The minimum absolute atomic E-state index is 0.125. The monoisotopic (exact) mass is 436 g/mol. The van der Waals surface area contributed by atoms with Crippen molar-refractivity contribution in [2.45, 2.75) is 50.4 Å². The van der Waals surface area contributed by atoms with E-state index in [9.17, 15) is 19.2 Å². The van der Waals surface area contributed by atoms with Crippen molar-refractivity contribution in [3.05, 3.63) is 35.9 Å². The molecule has 30 heavy (non-hydrogen) atoms. The van der Waals surface area contributed by atoms with Gasteiger partial charge in [0.25, 0.3) is 0 Å². The SMILES string of the molecule is CC(NC(=O)C1CCCN1C(=O)C(Cc1ccccc1)NC(=O)C(N)CS)C(=O)O. The van der Waals surface area contributed by atoms with Gasteiger partial charge in [-0.05, 0) is 25.3 Å². The molecule has 4 unspecified atom stereocenters. The van der Waals surface area contributed by atoms with Gasteiger partial charge in [0.1, 0.15) is 18.1 Å². The van der Waals surface area contributed by atoms with Crippen LogP contribution in [-0.4, -0.2) is 70.2 Å². The second-order valence-electron chi connectivity index (χ2n) is 7.30. The maximum absolute atomic E-state index is 13.3. The maximum Gasteiger partial charge on any atom is 0.325 e. The van der Waals surface area contributed by atoms with Gasteiger partial charge in [0.15, 0.2) is 0 Å². The summed E-state index contributed by atoms with van der Waals surface area (Å²) in [5, 5.41) is 14.1. The number of rotatable bonds is 9. The molecule has 10 heteroatoms. The molecule has 9 nitrogen and oxygen atoms in total. The van der Waals surface area contributed by atoms with Crippen molar-refractivity contribution in [3.8, 4) is 0 Å². The molecular weight excluding hydrogens is 408 g/mol. The van der Waals surface area contributed by atoms with Gasteiger partial charge in [-0.15, -0.1) is 0 Å². The van der Waals surface area contributed by atoms with Gasteiger partial charge in [0, 0.05) is 18.7 Å². The molecule has 1 aromatic carbocycles. The lowest BCUT2D eigenvalue weighted by Crippen LogP contribution is -2.57. The third-order valence-electron chi connectivity index (χ3n) is 5.00. The number of aliphatic carboxylic acids is 1. The minimum Gasteiger partial charge on any atom is -0.480 e. The first-order valence-electron chi connectivity index (χ1n) is 9.79. The molecule has 1 aliphatic rings. The van der Waals surface area contributed by atoms with Gasteiger partial charge in [-0.2, -0.15) is 12.6 Å². The van der Waals surface area contributed by atoms with Crippen molar-refractivity contribution in [1.82, 2.24) is 15.5 Å². The highest BCUT2D eigenvalue weighted by molar-refractivity contribution is 7.80. The Morgan fingerprint density at radius 3 is 2.50 bits per heavy atom. The highest BCUT2D eigenvalue weighted by Gasteiger charge is 2.38. The summed E-state index contributed by atoms with van der Waals surface area (Å²) in [5.41, 5.74) is 6.58. The third kappa shape index (κ3) is 6.20. The van der Waals surface area contributed by atoms with Crippen molar-refractivity contribution in [1.29, 1.82) is 0 Å². The summed E-state index contributed by atoms with van der Waals surface area (Å²) in [4.78, 5) is 50.6. The van der Waals surface area contributed by atoms with E-state index < -0.39 is 47.9 Å². The second-order valence-corrected chi connectivity index (χ2v) is 7.66. The number of amides is 3. The molecule has 0 bridgehead atoms. The quantitative estimate of drug-likeness (QED) is 0.332. The summed E-state index contributed by atoms with van der Waals surface area (Å²) in [6.07, 6.45) is 1.26. The van der Waals surface area contributed by atoms with Gasteiger partial charge in [0.05, 0.1) is 6.04 Å². The van der Waals surface area contributed by atoms with E-state index in [1.54, 1.807) is 0 Å². The number of carbonyl (C=O) groups is 4. The number of carbonyl (C=O) groups excluding carboxylic acids is 3. The lowest BCUT2D eigenvalue weighted by Gasteiger charge is -2.29. The van der Waals surface area contributed by atoms with E-state index in [1.807, 2.05) is 30.3 Å². The summed E-state index contributed by atoms with van der Waals surface area (Å²) >= 11 is 4.02. The summed E-state index contributed by atoms with van der Waals surface area (Å²) in [6.45, 7) is 1.71. The van der Waals surface area contributed by atoms with Crippen LogP contribution in [0.4, 0.5) is 0 Å². The highest BCUT2D eigenvalue weighted by Crippen LogP contribution is 2.20. The molecule has 0 saturated carbocycles. The van der Waals surface area contributed by atoms with Gasteiger partial charge in [-0.25, -0.2) is 0 Å². The summed E-state index contributed by atoms with van der Waals surface area (Å²) in [5.74, 6) is -2.46. The fraction of sp³-hybridized carbons (Fsp3) is 0.500. The molecule has 0 spiro atoms. The molecule has 0 aromatic heterocycles. The van der Waals surface area contributed by atoms with Crippen LogP contribution in [0.15, 0.2) is 30.3 Å². The van der Waals surface area contributed by atoms with Crippen molar-refractivity contribution in [2.75, 3.05) is 12.3 Å². The fourth-order valence-electron chi connectivity index (χ4n) is 3.29. The Balaban J connectivity index is 2.19. The molecule has 5 N–H and O–H groups in total. The van der Waals surface area contributed by atoms with Crippen LogP contribution in [0.2, 0.25) is 0 Å². The number of benzene rings is 1. The number of likely N-dealkylation sites (tertiary alicyclic amines) is 1. The normalized spacial score (nSPS) is 18.9. The number of hydrogen-bond donors (Lipinski definition) is 5. The number of hydrogen-bond acceptors (Lipinski definition) is 6. The van der Waals surface area contributed by atoms with Crippen molar-refractivity contribution in [2.24, 2.45) is 5.73 Å². The van der Waals surface area contributed by atoms with Gasteiger partial charge >= 0.3 is 5.97 Å². The molecule has 1 heterocycles. The van der Waals surface area contributed by atoms with E-state index in [-0.39, 0.29) is 12.2 Å². The van der Waals surface area contributed by atoms with E-state index in [0.717, 1.165) is 5.56 Å². The van der Waals surface area contributed by atoms with Crippen LogP contribution in [0.25, 0.3) is 0 Å². The molecule has 4 atom stereocenters. The smallest absolute Gasteiger partial charge is 0.325 e. The fourth-order valence-corrected chi connectivity index (χ4v) is 3.45. The number of carboxylic acids is 1. The summed E-state index contributed by atoms with van der Waals surface area (Å²) < 4.78 is 0. The molecule has 0 radical (unpaired) electrons. The maximum atomic E-state index is 13.3. The minimum atomic E-state index is -1.16. The lowest BCUT2D eigenvalue weighted by molar-refractivity contribution is -0.144. The predicted molar refractivity (Wildman–Crippen MR) is 114 cm³/mol. The molecule has 1 aromatic rings. The number of nitrogens with zero attached hydrogens (tertiary/aromatic N) is 1. The second kappa shape index (κ2) is 11.0.